The molecule has 0 aliphatic carbocycles. The van der Waals surface area contributed by atoms with Crippen LogP contribution in [-0.4, -0.2) is 9.55 Å². The number of nitrogens with zero attached hydrogens (tertiary/aromatic N) is 2. The van der Waals surface area contributed by atoms with Gasteiger partial charge < -0.3 is 10.3 Å². The predicted octanol–water partition coefficient (Wildman–Crippen LogP) is 3.71. The van der Waals surface area contributed by atoms with E-state index in [1.165, 1.54) is 12.1 Å². The average molecular weight is 282 g/mol. The summed E-state index contributed by atoms with van der Waals surface area (Å²) in [7, 11) is 0. The highest BCUT2D eigenvalue weighted by molar-refractivity contribution is 6.30. The van der Waals surface area contributed by atoms with Crippen molar-refractivity contribution in [2.24, 2.45) is 11.7 Å². The molecule has 0 bridgehead atoms. The molecule has 5 heteroatoms. The fraction of sp³-hybridized carbons (Fsp3) is 0.357. The van der Waals surface area contributed by atoms with Gasteiger partial charge in [-0.05, 0) is 30.5 Å². The van der Waals surface area contributed by atoms with E-state index in [1.54, 1.807) is 23.2 Å². The number of aromatic nitrogens is 2. The van der Waals surface area contributed by atoms with Gasteiger partial charge in [-0.15, -0.1) is 0 Å². The minimum atomic E-state index is -0.448. The van der Waals surface area contributed by atoms with E-state index in [1.807, 2.05) is 0 Å². The summed E-state index contributed by atoms with van der Waals surface area (Å²) in [6.45, 7) is 4.23. The quantitative estimate of drug-likeness (QED) is 0.928. The number of rotatable bonds is 4. The lowest BCUT2D eigenvalue weighted by Crippen LogP contribution is -2.16. The van der Waals surface area contributed by atoms with Crippen molar-refractivity contribution in [3.8, 4) is 5.69 Å². The predicted molar refractivity (Wildman–Crippen MR) is 74.9 cm³/mol. The van der Waals surface area contributed by atoms with Crippen molar-refractivity contribution in [3.05, 3.63) is 47.3 Å². The first-order chi connectivity index (χ1) is 8.99. The molecule has 1 unspecified atom stereocenters. The van der Waals surface area contributed by atoms with Crippen molar-refractivity contribution >= 4 is 11.6 Å². The molecule has 1 aromatic carbocycles. The summed E-state index contributed by atoms with van der Waals surface area (Å²) in [5.41, 5.74) is 7.71. The smallest absolute Gasteiger partial charge is 0.143 e. The molecule has 0 saturated carbocycles. The third-order valence-electron chi connectivity index (χ3n) is 2.95. The zero-order chi connectivity index (χ0) is 14.0. The van der Waals surface area contributed by atoms with Crippen molar-refractivity contribution in [3.63, 3.8) is 0 Å². The van der Waals surface area contributed by atoms with Gasteiger partial charge in [0.25, 0.3) is 0 Å². The Morgan fingerprint density at radius 1 is 1.42 bits per heavy atom. The molecule has 102 valence electrons. The SMILES string of the molecule is CC(C)CC(N)c1cncn1-c1ccc(Cl)c(F)c1. The van der Waals surface area contributed by atoms with Gasteiger partial charge in [0.1, 0.15) is 5.82 Å². The fourth-order valence-electron chi connectivity index (χ4n) is 2.06. The van der Waals surface area contributed by atoms with Gasteiger partial charge in [0.15, 0.2) is 0 Å². The standard InChI is InChI=1S/C14H17ClFN3/c1-9(2)5-13(17)14-7-18-8-19(14)10-3-4-11(15)12(16)6-10/h3-4,6-9,13H,5,17H2,1-2H3. The average Bonchev–Trinajstić information content (AvgIpc) is 2.81. The Balaban J connectivity index is 2.35. The molecule has 0 aliphatic rings. The maximum absolute atomic E-state index is 13.5. The van der Waals surface area contributed by atoms with Crippen LogP contribution in [-0.2, 0) is 0 Å². The first kappa shape index (κ1) is 14.0. The summed E-state index contributed by atoms with van der Waals surface area (Å²) in [4.78, 5) is 4.11. The highest BCUT2D eigenvalue weighted by atomic mass is 35.5. The number of imidazole rings is 1. The molecule has 0 radical (unpaired) electrons. The van der Waals surface area contributed by atoms with E-state index < -0.39 is 5.82 Å². The van der Waals surface area contributed by atoms with Gasteiger partial charge in [-0.25, -0.2) is 9.37 Å². The highest BCUT2D eigenvalue weighted by Gasteiger charge is 2.14. The van der Waals surface area contributed by atoms with E-state index in [2.05, 4.69) is 18.8 Å². The second kappa shape index (κ2) is 5.72. The maximum Gasteiger partial charge on any atom is 0.143 e. The number of benzene rings is 1. The van der Waals surface area contributed by atoms with Crippen LogP contribution in [0.25, 0.3) is 5.69 Å². The lowest BCUT2D eigenvalue weighted by Gasteiger charge is -2.16. The van der Waals surface area contributed by atoms with Crippen LogP contribution in [0.2, 0.25) is 5.02 Å². The van der Waals surface area contributed by atoms with Gasteiger partial charge in [0, 0.05) is 11.7 Å². The van der Waals surface area contributed by atoms with Crippen LogP contribution in [0.15, 0.2) is 30.7 Å². The highest BCUT2D eigenvalue weighted by Crippen LogP contribution is 2.24. The molecule has 0 aliphatic heterocycles. The summed E-state index contributed by atoms with van der Waals surface area (Å²) in [6, 6.07) is 4.54. The summed E-state index contributed by atoms with van der Waals surface area (Å²) >= 11 is 5.69. The van der Waals surface area contributed by atoms with Gasteiger partial charge in [-0.1, -0.05) is 25.4 Å². The summed E-state index contributed by atoms with van der Waals surface area (Å²) in [5, 5.41) is 0.108. The monoisotopic (exact) mass is 281 g/mol. The number of hydrogen-bond donors (Lipinski definition) is 1. The van der Waals surface area contributed by atoms with Gasteiger partial charge in [-0.2, -0.15) is 0 Å². The third-order valence-corrected chi connectivity index (χ3v) is 3.26. The molecular weight excluding hydrogens is 265 g/mol. The van der Waals surface area contributed by atoms with Crippen LogP contribution in [0.1, 0.15) is 32.0 Å². The third kappa shape index (κ3) is 3.14. The summed E-state index contributed by atoms with van der Waals surface area (Å²) in [5.74, 6) is 0.0385. The topological polar surface area (TPSA) is 43.8 Å². The first-order valence-corrected chi connectivity index (χ1v) is 6.60. The van der Waals surface area contributed by atoms with Crippen LogP contribution in [0.4, 0.5) is 4.39 Å². The van der Waals surface area contributed by atoms with Crippen molar-refractivity contribution in [2.75, 3.05) is 0 Å². The summed E-state index contributed by atoms with van der Waals surface area (Å²) in [6.07, 6.45) is 4.21. The van der Waals surface area contributed by atoms with Crippen LogP contribution in [0.5, 0.6) is 0 Å². The number of nitrogens with two attached hydrogens (primary N) is 1. The van der Waals surface area contributed by atoms with E-state index >= 15 is 0 Å². The number of hydrogen-bond acceptors (Lipinski definition) is 2. The van der Waals surface area contributed by atoms with Crippen molar-refractivity contribution in [1.29, 1.82) is 0 Å². The molecule has 1 heterocycles. The molecule has 3 nitrogen and oxygen atoms in total. The lowest BCUT2D eigenvalue weighted by molar-refractivity contribution is 0.497. The molecule has 2 aromatic rings. The van der Waals surface area contributed by atoms with E-state index in [0.717, 1.165) is 12.1 Å². The zero-order valence-electron chi connectivity index (χ0n) is 11.0. The molecule has 19 heavy (non-hydrogen) atoms. The lowest BCUT2D eigenvalue weighted by atomic mass is 10.0. The van der Waals surface area contributed by atoms with Gasteiger partial charge in [0.2, 0.25) is 0 Å². The minimum absolute atomic E-state index is 0.108. The maximum atomic E-state index is 13.5. The molecule has 1 atom stereocenters. The fourth-order valence-corrected chi connectivity index (χ4v) is 2.18. The largest absolute Gasteiger partial charge is 0.323 e. The van der Waals surface area contributed by atoms with Crippen molar-refractivity contribution in [2.45, 2.75) is 26.3 Å². The first-order valence-electron chi connectivity index (χ1n) is 6.22. The Kier molecular flexibility index (Phi) is 4.22. The van der Waals surface area contributed by atoms with Crippen LogP contribution >= 0.6 is 11.6 Å². The molecular formula is C14H17ClFN3. The van der Waals surface area contributed by atoms with E-state index in [0.29, 0.717) is 11.6 Å². The second-order valence-corrected chi connectivity index (χ2v) is 5.43. The normalized spacial score (nSPS) is 12.9. The van der Waals surface area contributed by atoms with Crippen molar-refractivity contribution in [1.82, 2.24) is 9.55 Å². The van der Waals surface area contributed by atoms with E-state index in [4.69, 9.17) is 17.3 Å². The molecule has 0 fully saturated rings. The molecule has 0 saturated heterocycles. The molecule has 0 amide bonds. The Morgan fingerprint density at radius 2 is 2.16 bits per heavy atom. The summed E-state index contributed by atoms with van der Waals surface area (Å²) < 4.78 is 15.3. The Morgan fingerprint density at radius 3 is 2.79 bits per heavy atom. The van der Waals surface area contributed by atoms with E-state index in [-0.39, 0.29) is 11.1 Å². The molecule has 0 spiro atoms. The van der Waals surface area contributed by atoms with Gasteiger partial charge >= 0.3 is 0 Å². The Hall–Kier alpha value is -1.39. The number of halogens is 2. The molecule has 1 aromatic heterocycles. The second-order valence-electron chi connectivity index (χ2n) is 5.02. The van der Waals surface area contributed by atoms with Crippen molar-refractivity contribution < 1.29 is 4.39 Å². The zero-order valence-corrected chi connectivity index (χ0v) is 11.7. The van der Waals surface area contributed by atoms with Crippen LogP contribution < -0.4 is 5.73 Å². The molecule has 2 N–H and O–H groups in total. The van der Waals surface area contributed by atoms with Gasteiger partial charge in [-0.3, -0.25) is 0 Å². The molecule has 2 rings (SSSR count). The van der Waals surface area contributed by atoms with Crippen LogP contribution in [0.3, 0.4) is 0 Å². The minimum Gasteiger partial charge on any atom is -0.323 e. The Labute approximate surface area is 117 Å². The van der Waals surface area contributed by atoms with Gasteiger partial charge in [0.05, 0.1) is 23.2 Å². The van der Waals surface area contributed by atoms with E-state index in [9.17, 15) is 4.39 Å². The Bertz CT molecular complexity index is 566. The van der Waals surface area contributed by atoms with Crippen LogP contribution in [0, 0.1) is 11.7 Å².